The van der Waals surface area contributed by atoms with E-state index in [1.807, 2.05) is 44.2 Å². The van der Waals surface area contributed by atoms with E-state index >= 15 is 0 Å². The molecule has 0 aliphatic rings. The highest BCUT2D eigenvalue weighted by molar-refractivity contribution is 6.30. The van der Waals surface area contributed by atoms with Crippen LogP contribution >= 0.6 is 11.6 Å². The molecule has 1 amide bonds. The van der Waals surface area contributed by atoms with Gasteiger partial charge >= 0.3 is 0 Å². The van der Waals surface area contributed by atoms with Crippen LogP contribution in [-0.2, 0) is 4.79 Å². The second-order valence-electron chi connectivity index (χ2n) is 6.46. The molecule has 0 spiro atoms. The summed E-state index contributed by atoms with van der Waals surface area (Å²) in [5.74, 6) is -0.345. The lowest BCUT2D eigenvalue weighted by molar-refractivity contribution is -0.125. The third-order valence-corrected chi connectivity index (χ3v) is 4.39. The summed E-state index contributed by atoms with van der Waals surface area (Å²) in [7, 11) is 0. The van der Waals surface area contributed by atoms with Crippen molar-refractivity contribution in [2.45, 2.75) is 38.5 Å². The maximum Gasteiger partial charge on any atom is 0.223 e. The Morgan fingerprint density at radius 3 is 2.16 bits per heavy atom. The molecule has 0 aliphatic heterocycles. The Morgan fingerprint density at radius 2 is 1.60 bits per heavy atom. The molecule has 2 aromatic carbocycles. The number of hydrogen-bond acceptors (Lipinski definition) is 3. The third-order valence-electron chi connectivity index (χ3n) is 4.13. The molecule has 4 nitrogen and oxygen atoms in total. The van der Waals surface area contributed by atoms with E-state index in [1.54, 1.807) is 24.3 Å². The Morgan fingerprint density at radius 1 is 1.00 bits per heavy atom. The van der Waals surface area contributed by atoms with Crippen LogP contribution in [0.1, 0.15) is 43.5 Å². The minimum absolute atomic E-state index is 0.0216. The molecule has 0 saturated carbocycles. The quantitative estimate of drug-likeness (QED) is 0.705. The zero-order valence-corrected chi connectivity index (χ0v) is 15.1. The van der Waals surface area contributed by atoms with Crippen LogP contribution in [0.15, 0.2) is 54.6 Å². The van der Waals surface area contributed by atoms with Gasteiger partial charge in [0.2, 0.25) is 5.91 Å². The topological polar surface area (TPSA) is 69.6 Å². The van der Waals surface area contributed by atoms with Crippen LogP contribution in [0.4, 0.5) is 0 Å². The second kappa shape index (κ2) is 8.99. The van der Waals surface area contributed by atoms with Gasteiger partial charge in [0.15, 0.2) is 0 Å². The molecule has 0 bridgehead atoms. The molecule has 3 unspecified atom stereocenters. The average Bonchev–Trinajstić information content (AvgIpc) is 2.60. The van der Waals surface area contributed by atoms with E-state index in [0.29, 0.717) is 10.6 Å². The lowest BCUT2D eigenvalue weighted by Gasteiger charge is -2.27. The summed E-state index contributed by atoms with van der Waals surface area (Å²) in [6, 6.07) is 15.6. The van der Waals surface area contributed by atoms with Crippen molar-refractivity contribution in [1.82, 2.24) is 5.32 Å². The summed E-state index contributed by atoms with van der Waals surface area (Å²) in [6.07, 6.45) is -1.74. The Balaban J connectivity index is 2.07. The van der Waals surface area contributed by atoms with Crippen molar-refractivity contribution in [2.75, 3.05) is 0 Å². The maximum atomic E-state index is 12.4. The molecule has 0 radical (unpaired) electrons. The van der Waals surface area contributed by atoms with Gasteiger partial charge in [-0.05, 0) is 29.2 Å². The second-order valence-corrected chi connectivity index (χ2v) is 6.90. The fourth-order valence-corrected chi connectivity index (χ4v) is 2.75. The summed E-state index contributed by atoms with van der Waals surface area (Å²) >= 11 is 5.83. The van der Waals surface area contributed by atoms with Crippen LogP contribution < -0.4 is 5.32 Å². The Kier molecular flexibility index (Phi) is 7.00. The third kappa shape index (κ3) is 5.56. The van der Waals surface area contributed by atoms with Crippen LogP contribution in [-0.4, -0.2) is 22.2 Å². The monoisotopic (exact) mass is 361 g/mol. The van der Waals surface area contributed by atoms with Crippen molar-refractivity contribution in [3.63, 3.8) is 0 Å². The number of benzene rings is 2. The number of carbonyl (C=O) groups is 1. The van der Waals surface area contributed by atoms with E-state index < -0.39 is 18.2 Å². The normalized spacial score (nSPS) is 14.8. The molecule has 3 N–H and O–H groups in total. The summed E-state index contributed by atoms with van der Waals surface area (Å²) < 4.78 is 0. The average molecular weight is 362 g/mol. The van der Waals surface area contributed by atoms with Crippen molar-refractivity contribution < 1.29 is 15.0 Å². The Bertz CT molecular complexity index is 673. The molecular formula is C20H24ClNO3. The standard InChI is InChI=1S/C20H24ClNO3/c1-13(2)20(25)19(15-6-4-3-5-7-15)22-18(24)12-17(23)14-8-10-16(21)11-9-14/h3-11,13,17,19-20,23,25H,12H2,1-2H3,(H,22,24). The largest absolute Gasteiger partial charge is 0.390 e. The van der Waals surface area contributed by atoms with Crippen LogP contribution in [0.5, 0.6) is 0 Å². The number of carbonyl (C=O) groups excluding carboxylic acids is 1. The molecular weight excluding hydrogens is 338 g/mol. The number of aliphatic hydroxyl groups is 2. The number of nitrogens with one attached hydrogen (secondary N) is 1. The lowest BCUT2D eigenvalue weighted by atomic mass is 9.93. The van der Waals surface area contributed by atoms with Crippen molar-refractivity contribution >= 4 is 17.5 Å². The predicted molar refractivity (Wildman–Crippen MR) is 99.2 cm³/mol. The van der Waals surface area contributed by atoms with Gasteiger partial charge in [-0.3, -0.25) is 4.79 Å². The van der Waals surface area contributed by atoms with Gasteiger partial charge in [-0.2, -0.15) is 0 Å². The summed E-state index contributed by atoms with van der Waals surface area (Å²) in [6.45, 7) is 3.80. The fraction of sp³-hybridized carbons (Fsp3) is 0.350. The van der Waals surface area contributed by atoms with Crippen molar-refractivity contribution in [3.05, 3.63) is 70.7 Å². The smallest absolute Gasteiger partial charge is 0.223 e. The van der Waals surface area contributed by atoms with E-state index in [1.165, 1.54) is 0 Å². The van der Waals surface area contributed by atoms with Gasteiger partial charge in [-0.25, -0.2) is 0 Å². The predicted octanol–water partition coefficient (Wildman–Crippen LogP) is 3.64. The number of hydrogen-bond donors (Lipinski definition) is 3. The Hall–Kier alpha value is -1.88. The minimum atomic E-state index is -0.926. The Labute approximate surface area is 153 Å². The molecule has 0 saturated heterocycles. The molecule has 5 heteroatoms. The molecule has 2 aromatic rings. The molecule has 0 heterocycles. The first-order valence-electron chi connectivity index (χ1n) is 8.34. The number of amides is 1. The first kappa shape index (κ1) is 19.4. The first-order valence-corrected chi connectivity index (χ1v) is 8.72. The first-order chi connectivity index (χ1) is 11.9. The zero-order valence-electron chi connectivity index (χ0n) is 14.4. The van der Waals surface area contributed by atoms with E-state index in [4.69, 9.17) is 11.6 Å². The minimum Gasteiger partial charge on any atom is -0.390 e. The highest BCUT2D eigenvalue weighted by Gasteiger charge is 2.26. The molecule has 0 fully saturated rings. The maximum absolute atomic E-state index is 12.4. The van der Waals surface area contributed by atoms with Crippen LogP contribution in [0.3, 0.4) is 0 Å². The van der Waals surface area contributed by atoms with Gasteiger partial charge in [-0.1, -0.05) is 67.9 Å². The fourth-order valence-electron chi connectivity index (χ4n) is 2.62. The zero-order chi connectivity index (χ0) is 18.4. The van der Waals surface area contributed by atoms with Gasteiger partial charge in [-0.15, -0.1) is 0 Å². The van der Waals surface area contributed by atoms with Gasteiger partial charge in [0, 0.05) is 5.02 Å². The summed E-state index contributed by atoms with van der Waals surface area (Å²) in [5, 5.41) is 24.2. The van der Waals surface area contributed by atoms with Gasteiger partial charge < -0.3 is 15.5 Å². The SMILES string of the molecule is CC(C)C(O)C(NC(=O)CC(O)c1ccc(Cl)cc1)c1ccccc1. The van der Waals surface area contributed by atoms with Crippen molar-refractivity contribution in [3.8, 4) is 0 Å². The molecule has 0 aliphatic carbocycles. The highest BCUT2D eigenvalue weighted by atomic mass is 35.5. The van der Waals surface area contributed by atoms with Gasteiger partial charge in [0.05, 0.1) is 24.7 Å². The molecule has 2 rings (SSSR count). The number of rotatable bonds is 7. The summed E-state index contributed by atoms with van der Waals surface area (Å²) in [5.41, 5.74) is 1.46. The number of halogens is 1. The molecule has 3 atom stereocenters. The van der Waals surface area contributed by atoms with E-state index in [2.05, 4.69) is 5.32 Å². The van der Waals surface area contributed by atoms with Crippen molar-refractivity contribution in [1.29, 1.82) is 0 Å². The molecule has 0 aromatic heterocycles. The van der Waals surface area contributed by atoms with E-state index in [-0.39, 0.29) is 18.2 Å². The number of aliphatic hydroxyl groups excluding tert-OH is 2. The highest BCUT2D eigenvalue weighted by Crippen LogP contribution is 2.24. The van der Waals surface area contributed by atoms with E-state index in [9.17, 15) is 15.0 Å². The lowest BCUT2D eigenvalue weighted by Crippen LogP contribution is -2.39. The van der Waals surface area contributed by atoms with Crippen LogP contribution in [0, 0.1) is 5.92 Å². The molecule has 134 valence electrons. The van der Waals surface area contributed by atoms with Crippen LogP contribution in [0.2, 0.25) is 5.02 Å². The van der Waals surface area contributed by atoms with E-state index in [0.717, 1.165) is 5.56 Å². The summed E-state index contributed by atoms with van der Waals surface area (Å²) in [4.78, 5) is 12.4. The van der Waals surface area contributed by atoms with Crippen molar-refractivity contribution in [2.24, 2.45) is 5.92 Å². The van der Waals surface area contributed by atoms with Crippen LogP contribution in [0.25, 0.3) is 0 Å². The molecule has 25 heavy (non-hydrogen) atoms. The van der Waals surface area contributed by atoms with Gasteiger partial charge in [0.25, 0.3) is 0 Å². The van der Waals surface area contributed by atoms with Gasteiger partial charge in [0.1, 0.15) is 0 Å².